The highest BCUT2D eigenvalue weighted by Gasteiger charge is 2.27. The zero-order chi connectivity index (χ0) is 31.6. The summed E-state index contributed by atoms with van der Waals surface area (Å²) >= 11 is 0. The number of hydrogen-bond acceptors (Lipinski definition) is 8. The summed E-state index contributed by atoms with van der Waals surface area (Å²) in [6, 6.07) is 4.37. The average Bonchev–Trinajstić information content (AvgIpc) is 3.77. The number of nitrogens with zero attached hydrogens (tertiary/aromatic N) is 2. The molecule has 15 heteroatoms. The number of phenolic OH excluding ortho intramolecular Hbond substituents is 1. The molecule has 1 aliphatic rings. The lowest BCUT2D eigenvalue weighted by Gasteiger charge is -2.17. The summed E-state index contributed by atoms with van der Waals surface area (Å²) in [6.07, 6.45) is 3.68. The van der Waals surface area contributed by atoms with Crippen molar-refractivity contribution < 1.29 is 27.9 Å². The number of aromatic hydroxyl groups is 1. The second-order valence-electron chi connectivity index (χ2n) is 10.3. The van der Waals surface area contributed by atoms with Gasteiger partial charge in [0, 0.05) is 41.0 Å². The maximum Gasteiger partial charge on any atom is 0.294 e. The highest BCUT2D eigenvalue weighted by atomic mass is 19.2. The highest BCUT2D eigenvalue weighted by Crippen LogP contribution is 2.30. The third-order valence-corrected chi connectivity index (χ3v) is 6.90. The SMILES string of the molecule is CC[C@@H](C)NC(=O)c1cc(N)cc(-c2cnc(NC3CC3)c(=O)n2CC(=O)NCc2c(F)c(O)c(C(=N)N)c(F)c2F)c1. The predicted molar refractivity (Wildman–Crippen MR) is 153 cm³/mol. The van der Waals surface area contributed by atoms with Crippen LogP contribution in [0.2, 0.25) is 0 Å². The number of amides is 2. The van der Waals surface area contributed by atoms with E-state index < -0.39 is 70.6 Å². The average molecular weight is 601 g/mol. The minimum absolute atomic E-state index is 0.0263. The summed E-state index contributed by atoms with van der Waals surface area (Å²) < 4.78 is 44.6. The Morgan fingerprint density at radius 2 is 1.88 bits per heavy atom. The number of rotatable bonds is 11. The first-order chi connectivity index (χ1) is 20.3. The Morgan fingerprint density at radius 1 is 1.19 bits per heavy atom. The molecule has 1 fully saturated rings. The van der Waals surface area contributed by atoms with Crippen LogP contribution in [0.3, 0.4) is 0 Å². The van der Waals surface area contributed by atoms with Crippen LogP contribution in [0.1, 0.15) is 54.6 Å². The van der Waals surface area contributed by atoms with Gasteiger partial charge in [-0.05, 0) is 44.4 Å². The van der Waals surface area contributed by atoms with Crippen molar-refractivity contribution in [3.63, 3.8) is 0 Å². The minimum Gasteiger partial charge on any atom is -0.504 e. The van der Waals surface area contributed by atoms with Gasteiger partial charge in [-0.2, -0.15) is 0 Å². The molecule has 1 saturated carbocycles. The molecule has 228 valence electrons. The number of carbonyl (C=O) groups is 2. The van der Waals surface area contributed by atoms with Crippen LogP contribution in [-0.2, 0) is 17.9 Å². The van der Waals surface area contributed by atoms with E-state index in [0.29, 0.717) is 12.0 Å². The van der Waals surface area contributed by atoms with E-state index in [9.17, 15) is 32.7 Å². The molecule has 0 aliphatic heterocycles. The van der Waals surface area contributed by atoms with Gasteiger partial charge in [-0.3, -0.25) is 24.4 Å². The van der Waals surface area contributed by atoms with Crippen LogP contribution in [0, 0.1) is 22.9 Å². The zero-order valence-corrected chi connectivity index (χ0v) is 23.4. The molecular formula is C28H31F3N8O4. The van der Waals surface area contributed by atoms with E-state index in [1.54, 1.807) is 0 Å². The lowest BCUT2D eigenvalue weighted by Crippen LogP contribution is -2.35. The van der Waals surface area contributed by atoms with Gasteiger partial charge in [0.15, 0.2) is 29.0 Å². The van der Waals surface area contributed by atoms with Gasteiger partial charge in [0.1, 0.15) is 12.4 Å². The first kappa shape index (κ1) is 30.9. The van der Waals surface area contributed by atoms with Crippen molar-refractivity contribution in [1.29, 1.82) is 5.41 Å². The Morgan fingerprint density at radius 3 is 2.51 bits per heavy atom. The number of aromatic nitrogens is 2. The number of phenols is 1. The van der Waals surface area contributed by atoms with E-state index in [1.165, 1.54) is 24.4 Å². The molecule has 2 amide bonds. The van der Waals surface area contributed by atoms with Crippen molar-refractivity contribution >= 4 is 29.2 Å². The van der Waals surface area contributed by atoms with Crippen molar-refractivity contribution in [3.8, 4) is 17.0 Å². The van der Waals surface area contributed by atoms with Crippen molar-refractivity contribution in [2.75, 3.05) is 11.1 Å². The first-order valence-corrected chi connectivity index (χ1v) is 13.4. The lowest BCUT2D eigenvalue weighted by molar-refractivity contribution is -0.121. The molecule has 0 spiro atoms. The Hall–Kier alpha value is -5.08. The fourth-order valence-corrected chi connectivity index (χ4v) is 4.22. The Bertz CT molecular complexity index is 1640. The molecule has 43 heavy (non-hydrogen) atoms. The normalized spacial score (nSPS) is 13.3. The second kappa shape index (κ2) is 12.4. The van der Waals surface area contributed by atoms with Gasteiger partial charge in [-0.25, -0.2) is 18.2 Å². The molecule has 4 rings (SSSR count). The zero-order valence-electron chi connectivity index (χ0n) is 23.4. The Balaban J connectivity index is 1.67. The third kappa shape index (κ3) is 6.71. The van der Waals surface area contributed by atoms with E-state index in [0.717, 1.165) is 17.4 Å². The van der Waals surface area contributed by atoms with Crippen molar-refractivity contribution in [3.05, 3.63) is 68.9 Å². The van der Waals surface area contributed by atoms with E-state index in [2.05, 4.69) is 20.9 Å². The summed E-state index contributed by atoms with van der Waals surface area (Å²) in [4.78, 5) is 43.4. The molecule has 0 radical (unpaired) electrons. The monoisotopic (exact) mass is 600 g/mol. The number of benzene rings is 2. The molecular weight excluding hydrogens is 569 g/mol. The predicted octanol–water partition coefficient (Wildman–Crippen LogP) is 2.32. The van der Waals surface area contributed by atoms with Gasteiger partial charge >= 0.3 is 0 Å². The Labute approximate surface area is 243 Å². The van der Waals surface area contributed by atoms with Gasteiger partial charge in [0.2, 0.25) is 5.91 Å². The Kier molecular flexibility index (Phi) is 8.92. The maximum atomic E-state index is 14.6. The van der Waals surface area contributed by atoms with Gasteiger partial charge in [0.05, 0.1) is 17.5 Å². The van der Waals surface area contributed by atoms with Crippen LogP contribution in [-0.4, -0.2) is 44.4 Å². The smallest absolute Gasteiger partial charge is 0.294 e. The largest absolute Gasteiger partial charge is 0.504 e. The maximum absolute atomic E-state index is 14.6. The summed E-state index contributed by atoms with van der Waals surface area (Å²) in [5.74, 6) is -8.91. The van der Waals surface area contributed by atoms with E-state index in [4.69, 9.17) is 16.9 Å². The molecule has 3 aromatic rings. The number of halogens is 3. The molecule has 1 atom stereocenters. The topological polar surface area (TPSA) is 201 Å². The quantitative estimate of drug-likeness (QED) is 0.0752. The number of nitrogens with one attached hydrogen (secondary N) is 4. The molecule has 1 aromatic heterocycles. The summed E-state index contributed by atoms with van der Waals surface area (Å²) in [6.45, 7) is 2.18. The molecule has 2 aromatic carbocycles. The highest BCUT2D eigenvalue weighted by molar-refractivity contribution is 5.98. The molecule has 1 aliphatic carbocycles. The molecule has 12 nitrogen and oxygen atoms in total. The number of nitrogens with two attached hydrogens (primary N) is 2. The van der Waals surface area contributed by atoms with Crippen molar-refractivity contribution in [2.45, 2.75) is 58.3 Å². The van der Waals surface area contributed by atoms with E-state index >= 15 is 0 Å². The van der Waals surface area contributed by atoms with E-state index in [-0.39, 0.29) is 34.8 Å². The van der Waals surface area contributed by atoms with Crippen molar-refractivity contribution in [1.82, 2.24) is 20.2 Å². The third-order valence-electron chi connectivity index (χ3n) is 6.90. The first-order valence-electron chi connectivity index (χ1n) is 13.4. The summed E-state index contributed by atoms with van der Waals surface area (Å²) in [5.41, 5.74) is 9.16. The summed E-state index contributed by atoms with van der Waals surface area (Å²) in [5, 5.41) is 25.2. The fraction of sp³-hybridized carbons (Fsp3) is 0.321. The number of amidine groups is 1. The molecule has 9 N–H and O–H groups in total. The van der Waals surface area contributed by atoms with Crippen molar-refractivity contribution in [2.24, 2.45) is 5.73 Å². The second-order valence-corrected chi connectivity index (χ2v) is 10.3. The fourth-order valence-electron chi connectivity index (χ4n) is 4.22. The number of hydrogen-bond donors (Lipinski definition) is 7. The van der Waals surface area contributed by atoms with Gasteiger partial charge in [0.25, 0.3) is 11.5 Å². The molecule has 0 unspecified atom stereocenters. The van der Waals surface area contributed by atoms with E-state index in [1.807, 2.05) is 13.8 Å². The molecule has 0 saturated heterocycles. The summed E-state index contributed by atoms with van der Waals surface area (Å²) in [7, 11) is 0. The van der Waals surface area contributed by atoms with Crippen LogP contribution >= 0.6 is 0 Å². The van der Waals surface area contributed by atoms with Crippen LogP contribution < -0.4 is 33.0 Å². The van der Waals surface area contributed by atoms with Crippen LogP contribution in [0.25, 0.3) is 11.3 Å². The van der Waals surface area contributed by atoms with Gasteiger partial charge in [-0.1, -0.05) is 6.92 Å². The van der Waals surface area contributed by atoms with Gasteiger partial charge < -0.3 is 32.5 Å². The number of anilines is 2. The standard InChI is InChI=1S/C28H31F3N8O4/c1-3-12(2)37-27(42)14-6-13(7-15(32)8-14)18-10-36-26(38-16-4-5-16)28(43)39(18)11-19(40)35-9-17-21(29)23(31)20(25(33)34)24(41)22(17)30/h6-8,10,12,16,41H,3-5,9,11,32H2,1-2H3,(H3,33,34)(H,35,40)(H,36,38)(H,37,42)/t12-/m1/s1. The van der Waals surface area contributed by atoms with Gasteiger partial charge in [-0.15, -0.1) is 0 Å². The molecule has 1 heterocycles. The van der Waals surface area contributed by atoms with Crippen LogP contribution in [0.5, 0.6) is 5.75 Å². The lowest BCUT2D eigenvalue weighted by atomic mass is 10.1. The van der Waals surface area contributed by atoms with Crippen LogP contribution in [0.15, 0.2) is 29.2 Å². The number of carbonyl (C=O) groups excluding carboxylic acids is 2. The molecule has 0 bridgehead atoms. The number of nitrogen functional groups attached to an aromatic ring is 2. The minimum atomic E-state index is -1.76. The van der Waals surface area contributed by atoms with Crippen LogP contribution in [0.4, 0.5) is 24.7 Å².